The minimum Gasteiger partial charge on any atom is -0.508 e. The highest BCUT2D eigenvalue weighted by Gasteiger charge is 2.08. The van der Waals surface area contributed by atoms with Crippen LogP contribution in [0.25, 0.3) is 24.3 Å². The van der Waals surface area contributed by atoms with Crippen LogP contribution in [0.15, 0.2) is 84.9 Å². The van der Waals surface area contributed by atoms with Gasteiger partial charge in [-0.25, -0.2) is 0 Å². The van der Waals surface area contributed by atoms with Crippen LogP contribution in [-0.2, 0) is 9.59 Å². The maximum Gasteiger partial charge on any atom is 0.308 e. The van der Waals surface area contributed by atoms with Crippen molar-refractivity contribution in [1.29, 1.82) is 0 Å². The molecule has 4 rings (SSSR count). The van der Waals surface area contributed by atoms with Crippen LogP contribution in [0, 0.1) is 13.8 Å². The molecule has 48 heavy (non-hydrogen) atoms. The summed E-state index contributed by atoms with van der Waals surface area (Å²) in [5.41, 5.74) is 5.77. The molecule has 0 radical (unpaired) electrons. The van der Waals surface area contributed by atoms with Crippen LogP contribution in [0.2, 0.25) is 0 Å². The van der Waals surface area contributed by atoms with Crippen molar-refractivity contribution in [2.75, 3.05) is 14.2 Å². The Balaban J connectivity index is 0.000000267. The summed E-state index contributed by atoms with van der Waals surface area (Å²) in [5.74, 6) is 1.79. The second-order valence-corrected chi connectivity index (χ2v) is 10.4. The van der Waals surface area contributed by atoms with E-state index in [-0.39, 0.29) is 17.7 Å². The number of carbonyl (C=O) groups is 2. The van der Waals surface area contributed by atoms with Crippen LogP contribution < -0.4 is 18.9 Å². The predicted molar refractivity (Wildman–Crippen MR) is 193 cm³/mol. The Hall–Kier alpha value is -5.76. The molecule has 0 aliphatic rings. The summed E-state index contributed by atoms with van der Waals surface area (Å²) in [6.45, 7) is 10.4. The number of phenols is 2. The number of allylic oxidation sites excluding steroid dienone is 2. The predicted octanol–water partition coefficient (Wildman–Crippen LogP) is 9.19. The zero-order valence-electron chi connectivity index (χ0n) is 28.7. The molecule has 0 aromatic heterocycles. The molecule has 0 aliphatic heterocycles. The van der Waals surface area contributed by atoms with Gasteiger partial charge in [-0.15, -0.1) is 0 Å². The zero-order valence-corrected chi connectivity index (χ0v) is 28.7. The lowest BCUT2D eigenvalue weighted by atomic mass is 10.1. The normalized spacial score (nSPS) is 10.6. The molecule has 0 saturated heterocycles. The van der Waals surface area contributed by atoms with Crippen molar-refractivity contribution in [1.82, 2.24) is 0 Å². The third-order valence-corrected chi connectivity index (χ3v) is 6.51. The van der Waals surface area contributed by atoms with Gasteiger partial charge in [-0.3, -0.25) is 9.59 Å². The van der Waals surface area contributed by atoms with Gasteiger partial charge < -0.3 is 29.2 Å². The third-order valence-electron chi connectivity index (χ3n) is 6.51. The van der Waals surface area contributed by atoms with E-state index in [9.17, 15) is 19.8 Å². The van der Waals surface area contributed by atoms with Crippen LogP contribution in [0.4, 0.5) is 0 Å². The van der Waals surface area contributed by atoms with E-state index in [0.29, 0.717) is 28.7 Å². The fourth-order valence-corrected chi connectivity index (χ4v) is 4.20. The van der Waals surface area contributed by atoms with Gasteiger partial charge in [0.05, 0.1) is 14.2 Å². The minimum absolute atomic E-state index is 0.282. The van der Waals surface area contributed by atoms with E-state index in [1.165, 1.54) is 21.0 Å². The Morgan fingerprint density at radius 1 is 0.521 bits per heavy atom. The van der Waals surface area contributed by atoms with Crippen molar-refractivity contribution in [2.45, 2.75) is 41.5 Å². The number of benzene rings is 4. The monoisotopic (exact) mass is 652 g/mol. The number of ether oxygens (including phenoxy) is 4. The van der Waals surface area contributed by atoms with E-state index < -0.39 is 0 Å². The van der Waals surface area contributed by atoms with Crippen LogP contribution in [0.5, 0.6) is 34.5 Å². The van der Waals surface area contributed by atoms with Gasteiger partial charge in [0.2, 0.25) is 0 Å². The number of aryl methyl sites for hydroxylation is 2. The SMILES string of the molecule is C/C=C/c1ccc(O)c(C)c1.C/C=C/c1ccc(OC(C)=O)c(OC)c1.COc1cc(/C=C/c2ccc(O)c(C)c2)ccc1OC(C)=O. The molecule has 0 atom stereocenters. The van der Waals surface area contributed by atoms with Gasteiger partial charge in [0, 0.05) is 13.8 Å². The maximum absolute atomic E-state index is 11.0. The molecule has 0 bridgehead atoms. The van der Waals surface area contributed by atoms with Crippen LogP contribution in [0.1, 0.15) is 61.1 Å². The number of hydrogen-bond acceptors (Lipinski definition) is 8. The Bertz CT molecular complexity index is 1770. The molecule has 0 amide bonds. The molecule has 2 N–H and O–H groups in total. The van der Waals surface area contributed by atoms with Crippen molar-refractivity contribution in [3.05, 3.63) is 118 Å². The second kappa shape index (κ2) is 19.7. The fraction of sp³-hybridized carbons (Fsp3) is 0.200. The molecule has 0 fully saturated rings. The standard InChI is InChI=1S/C18H18O4.C12H14O3.C10H12O/c1-12-10-14(6-8-16(12)20)4-5-15-7-9-17(22-13(2)19)18(11-15)21-3;1-4-5-10-6-7-11(15-9(2)13)12(8-10)14-3;1-3-4-9-5-6-10(11)8(2)7-9/h4-11,20H,1-3H3;4-8H,1-3H3;3-7,11H,1-2H3/b2*5-4+;4-3+. The minimum atomic E-state index is -0.388. The number of rotatable bonds is 8. The van der Waals surface area contributed by atoms with E-state index in [1.807, 2.05) is 107 Å². The van der Waals surface area contributed by atoms with E-state index in [0.717, 1.165) is 33.4 Å². The molecule has 0 aliphatic carbocycles. The molecule has 0 saturated carbocycles. The van der Waals surface area contributed by atoms with Crippen molar-refractivity contribution in [3.8, 4) is 34.5 Å². The molecule has 4 aromatic carbocycles. The summed E-state index contributed by atoms with van der Waals surface area (Å²) < 4.78 is 20.4. The Kier molecular flexibility index (Phi) is 15.8. The Morgan fingerprint density at radius 2 is 0.854 bits per heavy atom. The van der Waals surface area contributed by atoms with Crippen LogP contribution in [-0.4, -0.2) is 36.4 Å². The van der Waals surface area contributed by atoms with Gasteiger partial charge in [-0.1, -0.05) is 60.7 Å². The topological polar surface area (TPSA) is 112 Å². The first-order valence-electron chi connectivity index (χ1n) is 15.2. The number of carbonyl (C=O) groups excluding carboxylic acids is 2. The van der Waals surface area contributed by atoms with E-state index in [4.69, 9.17) is 18.9 Å². The highest BCUT2D eigenvalue weighted by atomic mass is 16.6. The summed E-state index contributed by atoms with van der Waals surface area (Å²) >= 11 is 0. The smallest absolute Gasteiger partial charge is 0.308 e. The van der Waals surface area contributed by atoms with E-state index >= 15 is 0 Å². The number of methoxy groups -OCH3 is 2. The molecular formula is C40H44O8. The van der Waals surface area contributed by atoms with Gasteiger partial charge in [-0.05, 0) is 110 Å². The van der Waals surface area contributed by atoms with Crippen molar-refractivity contribution < 1.29 is 38.7 Å². The first-order valence-corrected chi connectivity index (χ1v) is 15.2. The van der Waals surface area contributed by atoms with Crippen LogP contribution >= 0.6 is 0 Å². The van der Waals surface area contributed by atoms with Crippen molar-refractivity contribution >= 4 is 36.2 Å². The van der Waals surface area contributed by atoms with Gasteiger partial charge in [0.25, 0.3) is 0 Å². The van der Waals surface area contributed by atoms with Gasteiger partial charge >= 0.3 is 11.9 Å². The molecule has 0 spiro atoms. The molecule has 8 nitrogen and oxygen atoms in total. The molecular weight excluding hydrogens is 608 g/mol. The average molecular weight is 653 g/mol. The lowest BCUT2D eigenvalue weighted by Crippen LogP contribution is -2.02. The fourth-order valence-electron chi connectivity index (χ4n) is 4.20. The Labute approximate surface area is 283 Å². The largest absolute Gasteiger partial charge is 0.508 e. The quantitative estimate of drug-likeness (QED) is 0.110. The van der Waals surface area contributed by atoms with E-state index in [2.05, 4.69) is 0 Å². The first-order chi connectivity index (χ1) is 22.9. The average Bonchev–Trinajstić information content (AvgIpc) is 3.05. The Morgan fingerprint density at radius 3 is 1.19 bits per heavy atom. The first kappa shape index (κ1) is 38.4. The van der Waals surface area contributed by atoms with Gasteiger partial charge in [0.15, 0.2) is 23.0 Å². The molecule has 252 valence electrons. The van der Waals surface area contributed by atoms with Crippen molar-refractivity contribution in [2.24, 2.45) is 0 Å². The summed E-state index contributed by atoms with van der Waals surface area (Å²) in [4.78, 5) is 21.8. The highest BCUT2D eigenvalue weighted by Crippen LogP contribution is 2.30. The van der Waals surface area contributed by atoms with Crippen molar-refractivity contribution in [3.63, 3.8) is 0 Å². The molecule has 0 unspecified atom stereocenters. The number of esters is 2. The number of aromatic hydroxyl groups is 2. The highest BCUT2D eigenvalue weighted by molar-refractivity contribution is 5.74. The molecule has 0 heterocycles. The summed E-state index contributed by atoms with van der Waals surface area (Å²) in [7, 11) is 3.07. The number of phenolic OH excluding ortho intramolecular Hbond substituents is 2. The lowest BCUT2D eigenvalue weighted by molar-refractivity contribution is -0.132. The number of hydrogen-bond donors (Lipinski definition) is 2. The van der Waals surface area contributed by atoms with Crippen LogP contribution in [0.3, 0.4) is 0 Å². The summed E-state index contributed by atoms with van der Waals surface area (Å²) in [6.07, 6.45) is 11.7. The lowest BCUT2D eigenvalue weighted by Gasteiger charge is -2.08. The third kappa shape index (κ3) is 12.9. The van der Waals surface area contributed by atoms with Gasteiger partial charge in [-0.2, -0.15) is 0 Å². The van der Waals surface area contributed by atoms with E-state index in [1.54, 1.807) is 37.4 Å². The summed E-state index contributed by atoms with van der Waals surface area (Å²) in [5, 5.41) is 18.7. The second-order valence-electron chi connectivity index (χ2n) is 10.4. The van der Waals surface area contributed by atoms with Gasteiger partial charge in [0.1, 0.15) is 11.5 Å². The molecule has 8 heteroatoms. The maximum atomic E-state index is 11.0. The summed E-state index contributed by atoms with van der Waals surface area (Å²) in [6, 6.07) is 21.7. The zero-order chi connectivity index (χ0) is 35.6. The molecule has 4 aromatic rings.